The predicted molar refractivity (Wildman–Crippen MR) is 128 cm³/mol. The van der Waals surface area contributed by atoms with Gasteiger partial charge in [0.25, 0.3) is 5.56 Å². The Labute approximate surface area is 192 Å². The summed E-state index contributed by atoms with van der Waals surface area (Å²) in [4.78, 5) is 32.4. The van der Waals surface area contributed by atoms with E-state index in [0.29, 0.717) is 22.9 Å². The summed E-state index contributed by atoms with van der Waals surface area (Å²) in [5, 5.41) is 10.9. The molecule has 1 aliphatic rings. The highest BCUT2D eigenvalue weighted by atomic mass is 16.5. The van der Waals surface area contributed by atoms with Crippen molar-refractivity contribution in [3.63, 3.8) is 0 Å². The minimum Gasteiger partial charge on any atom is -0.491 e. The van der Waals surface area contributed by atoms with Gasteiger partial charge in [-0.25, -0.2) is 4.79 Å². The summed E-state index contributed by atoms with van der Waals surface area (Å²) in [6.45, 7) is 3.96. The molecule has 1 aromatic carbocycles. The van der Waals surface area contributed by atoms with Crippen LogP contribution in [-0.4, -0.2) is 49.6 Å². The molecule has 1 atom stereocenters. The number of fused-ring (bicyclic) bond motifs is 1. The zero-order valence-electron chi connectivity index (χ0n) is 19.7. The van der Waals surface area contributed by atoms with E-state index in [4.69, 9.17) is 9.72 Å². The molecule has 0 bridgehead atoms. The van der Waals surface area contributed by atoms with Gasteiger partial charge in [-0.3, -0.25) is 13.9 Å². The minimum atomic E-state index is -0.861. The van der Waals surface area contributed by atoms with E-state index < -0.39 is 17.4 Å². The molecule has 9 heteroatoms. The quantitative estimate of drug-likeness (QED) is 0.584. The van der Waals surface area contributed by atoms with E-state index in [1.807, 2.05) is 24.3 Å². The number of aromatic nitrogens is 4. The maximum atomic E-state index is 13.1. The third-order valence-electron chi connectivity index (χ3n) is 6.36. The van der Waals surface area contributed by atoms with Crippen LogP contribution in [-0.2, 0) is 27.1 Å². The van der Waals surface area contributed by atoms with Crippen molar-refractivity contribution in [2.24, 2.45) is 14.1 Å². The van der Waals surface area contributed by atoms with Gasteiger partial charge in [-0.2, -0.15) is 4.98 Å². The number of anilines is 1. The van der Waals surface area contributed by atoms with Crippen LogP contribution in [0.1, 0.15) is 38.2 Å². The van der Waals surface area contributed by atoms with Gasteiger partial charge < -0.3 is 19.3 Å². The first-order valence-corrected chi connectivity index (χ1v) is 11.7. The van der Waals surface area contributed by atoms with Gasteiger partial charge in [0.15, 0.2) is 11.2 Å². The number of aryl methyl sites for hydroxylation is 2. The lowest BCUT2D eigenvalue weighted by molar-refractivity contribution is 0.0936. The topological polar surface area (TPSA) is 94.5 Å². The average molecular weight is 456 g/mol. The normalized spacial score (nSPS) is 15.6. The molecule has 4 rings (SSSR count). The van der Waals surface area contributed by atoms with Crippen molar-refractivity contribution in [3.05, 3.63) is 50.7 Å². The van der Waals surface area contributed by atoms with Crippen LogP contribution in [0.3, 0.4) is 0 Å². The van der Waals surface area contributed by atoms with Crippen molar-refractivity contribution in [2.75, 3.05) is 24.6 Å². The van der Waals surface area contributed by atoms with Crippen LogP contribution in [0.15, 0.2) is 33.9 Å². The Morgan fingerprint density at radius 2 is 1.82 bits per heavy atom. The summed E-state index contributed by atoms with van der Waals surface area (Å²) in [7, 11) is 3.08. The molecule has 1 aliphatic heterocycles. The number of aliphatic hydroxyl groups is 1. The van der Waals surface area contributed by atoms with E-state index in [9.17, 15) is 14.7 Å². The number of benzene rings is 1. The van der Waals surface area contributed by atoms with Gasteiger partial charge in [0.1, 0.15) is 18.5 Å². The Balaban J connectivity index is 1.68. The van der Waals surface area contributed by atoms with Crippen LogP contribution in [0.4, 0.5) is 5.95 Å². The summed E-state index contributed by atoms with van der Waals surface area (Å²) >= 11 is 0. The van der Waals surface area contributed by atoms with Gasteiger partial charge in [-0.05, 0) is 37.0 Å². The molecule has 3 heterocycles. The lowest BCUT2D eigenvalue weighted by atomic mass is 10.2. The molecule has 33 heavy (non-hydrogen) atoms. The average Bonchev–Trinajstić information content (AvgIpc) is 2.99. The van der Waals surface area contributed by atoms with Crippen LogP contribution in [0.2, 0.25) is 0 Å². The first-order chi connectivity index (χ1) is 15.9. The van der Waals surface area contributed by atoms with Crippen molar-refractivity contribution < 1.29 is 9.84 Å². The largest absolute Gasteiger partial charge is 0.491 e. The van der Waals surface area contributed by atoms with E-state index in [2.05, 4.69) is 11.8 Å². The first-order valence-electron chi connectivity index (χ1n) is 11.7. The fraction of sp³-hybridized carbons (Fsp3) is 0.542. The van der Waals surface area contributed by atoms with Gasteiger partial charge in [0.2, 0.25) is 5.95 Å². The summed E-state index contributed by atoms with van der Waals surface area (Å²) in [6, 6.07) is 7.81. The molecule has 0 spiro atoms. The highest BCUT2D eigenvalue weighted by Gasteiger charge is 2.25. The van der Waals surface area contributed by atoms with Crippen molar-refractivity contribution in [1.29, 1.82) is 0 Å². The fourth-order valence-corrected chi connectivity index (χ4v) is 4.43. The lowest BCUT2D eigenvalue weighted by Gasteiger charge is -2.23. The Bertz CT molecular complexity index is 1230. The number of ether oxygens (including phenoxy) is 1. The van der Waals surface area contributed by atoms with Crippen LogP contribution < -0.4 is 20.9 Å². The zero-order chi connectivity index (χ0) is 23.5. The molecule has 0 amide bonds. The molecule has 3 aromatic rings. The van der Waals surface area contributed by atoms with Crippen molar-refractivity contribution >= 4 is 17.1 Å². The zero-order valence-corrected chi connectivity index (χ0v) is 19.7. The van der Waals surface area contributed by atoms with Gasteiger partial charge in [-0.15, -0.1) is 0 Å². The van der Waals surface area contributed by atoms with Gasteiger partial charge in [0, 0.05) is 27.2 Å². The van der Waals surface area contributed by atoms with Crippen molar-refractivity contribution in [2.45, 2.75) is 51.7 Å². The third-order valence-corrected chi connectivity index (χ3v) is 6.36. The second kappa shape index (κ2) is 9.82. The number of nitrogens with zero attached hydrogens (tertiary/aromatic N) is 5. The van der Waals surface area contributed by atoms with E-state index >= 15 is 0 Å². The molecule has 9 nitrogen and oxygen atoms in total. The van der Waals surface area contributed by atoms with E-state index in [1.165, 1.54) is 11.6 Å². The fourth-order valence-electron chi connectivity index (χ4n) is 4.43. The minimum absolute atomic E-state index is 0.0817. The highest BCUT2D eigenvalue weighted by molar-refractivity contribution is 5.74. The maximum absolute atomic E-state index is 13.1. The van der Waals surface area contributed by atoms with Crippen molar-refractivity contribution in [3.8, 4) is 5.75 Å². The molecule has 178 valence electrons. The predicted octanol–water partition coefficient (Wildman–Crippen LogP) is 1.82. The molecular formula is C24H33N5O4. The number of hydrogen-bond acceptors (Lipinski definition) is 6. The van der Waals surface area contributed by atoms with Gasteiger partial charge in [0.05, 0.1) is 6.54 Å². The van der Waals surface area contributed by atoms with Gasteiger partial charge in [-0.1, -0.05) is 31.9 Å². The molecule has 0 saturated carbocycles. The summed E-state index contributed by atoms with van der Waals surface area (Å²) in [6.07, 6.45) is 4.44. The molecule has 1 fully saturated rings. The number of aliphatic hydroxyl groups excluding tert-OH is 1. The molecular weight excluding hydrogens is 422 g/mol. The molecule has 2 aromatic heterocycles. The number of imidazole rings is 1. The third kappa shape index (κ3) is 4.68. The number of rotatable bonds is 7. The molecule has 0 aliphatic carbocycles. The number of hydrogen-bond donors (Lipinski definition) is 1. The van der Waals surface area contributed by atoms with E-state index in [1.54, 1.807) is 11.6 Å². The molecule has 1 saturated heterocycles. The molecule has 0 unspecified atom stereocenters. The molecule has 0 radical (unpaired) electrons. The second-order valence-corrected chi connectivity index (χ2v) is 8.77. The van der Waals surface area contributed by atoms with Crippen LogP contribution in [0.25, 0.3) is 11.2 Å². The second-order valence-electron chi connectivity index (χ2n) is 8.77. The Hall–Kier alpha value is -3.07. The Morgan fingerprint density at radius 1 is 1.09 bits per heavy atom. The Kier molecular flexibility index (Phi) is 6.88. The Morgan fingerprint density at radius 3 is 2.52 bits per heavy atom. The maximum Gasteiger partial charge on any atom is 0.332 e. The van der Waals surface area contributed by atoms with Gasteiger partial charge >= 0.3 is 5.69 Å². The standard InChI is InChI=1S/C24H33N5O4/c1-4-17-10-9-11-19(14-17)33-16-18(30)15-29-20-21(26(2)24(32)27(3)22(20)31)25-23(29)28-12-7-5-6-8-13-28/h9-11,14,18,30H,4-8,12-13,15-16H2,1-3H3/t18-/m1/s1. The van der Waals surface area contributed by atoms with Crippen molar-refractivity contribution in [1.82, 2.24) is 18.7 Å². The summed E-state index contributed by atoms with van der Waals surface area (Å²) in [5.41, 5.74) is 0.997. The lowest BCUT2D eigenvalue weighted by Crippen LogP contribution is -2.38. The monoisotopic (exact) mass is 455 g/mol. The van der Waals surface area contributed by atoms with Crippen LogP contribution in [0, 0.1) is 0 Å². The van der Waals surface area contributed by atoms with Crippen LogP contribution in [0.5, 0.6) is 5.75 Å². The SMILES string of the molecule is CCc1cccc(OC[C@H](O)Cn2c(N3CCCCCC3)nc3c2c(=O)n(C)c(=O)n3C)c1. The summed E-state index contributed by atoms with van der Waals surface area (Å²) < 4.78 is 10.1. The van der Waals surface area contributed by atoms with Crippen LogP contribution >= 0.6 is 0 Å². The summed E-state index contributed by atoms with van der Waals surface area (Å²) in [5.74, 6) is 1.33. The smallest absolute Gasteiger partial charge is 0.332 e. The van der Waals surface area contributed by atoms with E-state index in [0.717, 1.165) is 55.3 Å². The highest BCUT2D eigenvalue weighted by Crippen LogP contribution is 2.23. The van der Waals surface area contributed by atoms with E-state index in [-0.39, 0.29) is 13.2 Å². The first kappa shape index (κ1) is 23.1. The molecule has 1 N–H and O–H groups in total.